The number of halogens is 1. The van der Waals surface area contributed by atoms with Crippen molar-refractivity contribution in [3.63, 3.8) is 0 Å². The summed E-state index contributed by atoms with van der Waals surface area (Å²) in [4.78, 5) is 31.1. The Balaban J connectivity index is 2.18. The molecule has 0 bridgehead atoms. The van der Waals surface area contributed by atoms with Crippen LogP contribution in [-0.4, -0.2) is 41.9 Å². The van der Waals surface area contributed by atoms with E-state index in [2.05, 4.69) is 16.9 Å². The first-order chi connectivity index (χ1) is 13.0. The Morgan fingerprint density at radius 1 is 1.19 bits per heavy atom. The van der Waals surface area contributed by atoms with Gasteiger partial charge in [0, 0.05) is 25.2 Å². The van der Waals surface area contributed by atoms with E-state index in [0.29, 0.717) is 28.6 Å². The van der Waals surface area contributed by atoms with E-state index in [1.165, 1.54) is 48.4 Å². The highest BCUT2D eigenvalue weighted by Crippen LogP contribution is 2.23. The molecule has 7 nitrogen and oxygen atoms in total. The van der Waals surface area contributed by atoms with E-state index in [0.717, 1.165) is 12.8 Å². The third kappa shape index (κ3) is 5.86. The molecular formula is C18H29ClN4O3S. The number of imidazole rings is 1. The van der Waals surface area contributed by atoms with Gasteiger partial charge in [-0.05, 0) is 6.42 Å². The fourth-order valence-electron chi connectivity index (χ4n) is 2.97. The van der Waals surface area contributed by atoms with Crippen molar-refractivity contribution in [1.29, 1.82) is 0 Å². The molecule has 2 aromatic heterocycles. The second-order valence-corrected chi connectivity index (χ2v) is 8.07. The number of thioether (sulfide) groups is 1. The van der Waals surface area contributed by atoms with Crippen molar-refractivity contribution in [2.45, 2.75) is 69.7 Å². The highest BCUT2D eigenvalue weighted by atomic mass is 35.5. The molecule has 9 heteroatoms. The first-order valence-corrected chi connectivity index (χ1v) is 11.1. The molecule has 1 unspecified atom stereocenters. The standard InChI is InChI=1S/C18H29ClN4O3S/c1-3-4-5-6-7-8-9-10-23-14-15(22(2)17(26)21-16(14)25)20-18(23)27-12-13(24)11-19/h13,24H,3-12H2,1-2H3,(H,21,25,26). The Labute approximate surface area is 168 Å². The summed E-state index contributed by atoms with van der Waals surface area (Å²) in [6.45, 7) is 2.86. The van der Waals surface area contributed by atoms with Crippen LogP contribution in [0.15, 0.2) is 14.7 Å². The zero-order chi connectivity index (χ0) is 19.8. The van der Waals surface area contributed by atoms with Crippen LogP contribution >= 0.6 is 23.4 Å². The van der Waals surface area contributed by atoms with Gasteiger partial charge >= 0.3 is 5.69 Å². The van der Waals surface area contributed by atoms with E-state index in [1.807, 2.05) is 4.57 Å². The number of unbranched alkanes of at least 4 members (excludes halogenated alkanes) is 6. The van der Waals surface area contributed by atoms with E-state index in [4.69, 9.17) is 11.6 Å². The van der Waals surface area contributed by atoms with E-state index >= 15 is 0 Å². The molecule has 2 heterocycles. The largest absolute Gasteiger partial charge is 0.391 e. The van der Waals surface area contributed by atoms with E-state index in [1.54, 1.807) is 7.05 Å². The SMILES string of the molecule is CCCCCCCCCn1c(SCC(O)CCl)nc2c1c(=O)[nH]c(=O)n2C. The van der Waals surface area contributed by atoms with Crippen molar-refractivity contribution in [3.05, 3.63) is 20.8 Å². The molecule has 27 heavy (non-hydrogen) atoms. The number of aliphatic hydroxyl groups excluding tert-OH is 1. The van der Waals surface area contributed by atoms with Gasteiger partial charge in [-0.2, -0.15) is 0 Å². The minimum Gasteiger partial charge on any atom is -0.391 e. The minimum absolute atomic E-state index is 0.143. The molecule has 2 rings (SSSR count). The number of aryl methyl sites for hydroxylation is 2. The fraction of sp³-hybridized carbons (Fsp3) is 0.722. The maximum atomic E-state index is 12.4. The molecule has 152 valence electrons. The normalized spacial score (nSPS) is 12.7. The Morgan fingerprint density at radius 2 is 1.85 bits per heavy atom. The second-order valence-electron chi connectivity index (χ2n) is 6.78. The maximum Gasteiger partial charge on any atom is 0.329 e. The Kier molecular flexibility index (Phi) is 8.92. The van der Waals surface area contributed by atoms with Crippen molar-refractivity contribution in [3.8, 4) is 0 Å². The van der Waals surface area contributed by atoms with Crippen molar-refractivity contribution in [2.75, 3.05) is 11.6 Å². The molecule has 0 aliphatic heterocycles. The van der Waals surface area contributed by atoms with Crippen LogP contribution in [0.25, 0.3) is 11.2 Å². The fourth-order valence-corrected chi connectivity index (χ4v) is 4.16. The third-order valence-corrected chi connectivity index (χ3v) is 6.02. The average molecular weight is 417 g/mol. The van der Waals surface area contributed by atoms with Gasteiger partial charge in [0.05, 0.1) is 6.10 Å². The number of fused-ring (bicyclic) bond motifs is 1. The van der Waals surface area contributed by atoms with Crippen molar-refractivity contribution in [1.82, 2.24) is 19.1 Å². The summed E-state index contributed by atoms with van der Waals surface area (Å²) in [7, 11) is 1.59. The molecule has 0 aliphatic rings. The monoisotopic (exact) mass is 416 g/mol. The lowest BCUT2D eigenvalue weighted by Crippen LogP contribution is -2.29. The number of aliphatic hydroxyl groups is 1. The summed E-state index contributed by atoms with van der Waals surface area (Å²) in [6, 6.07) is 0. The minimum atomic E-state index is -0.648. The van der Waals surface area contributed by atoms with Gasteiger partial charge in [0.2, 0.25) is 0 Å². The number of aromatic amines is 1. The molecule has 0 saturated carbocycles. The number of hydrogen-bond acceptors (Lipinski definition) is 5. The zero-order valence-electron chi connectivity index (χ0n) is 16.0. The maximum absolute atomic E-state index is 12.4. The molecule has 1 atom stereocenters. The van der Waals surface area contributed by atoms with Gasteiger partial charge in [-0.15, -0.1) is 11.6 Å². The van der Waals surface area contributed by atoms with Crippen LogP contribution in [0.5, 0.6) is 0 Å². The Hall–Kier alpha value is -1.25. The predicted molar refractivity (Wildman–Crippen MR) is 111 cm³/mol. The number of nitrogens with zero attached hydrogens (tertiary/aromatic N) is 3. The number of aromatic nitrogens is 4. The number of nitrogens with one attached hydrogen (secondary N) is 1. The average Bonchev–Trinajstić information content (AvgIpc) is 3.02. The lowest BCUT2D eigenvalue weighted by molar-refractivity contribution is 0.223. The third-order valence-electron chi connectivity index (χ3n) is 4.54. The van der Waals surface area contributed by atoms with Crippen LogP contribution in [0, 0.1) is 0 Å². The number of rotatable bonds is 12. The van der Waals surface area contributed by atoms with Gasteiger partial charge in [-0.25, -0.2) is 9.78 Å². The van der Waals surface area contributed by atoms with E-state index < -0.39 is 17.4 Å². The predicted octanol–water partition coefficient (Wildman–Crippen LogP) is 2.87. The molecule has 2 aromatic rings. The highest BCUT2D eigenvalue weighted by Gasteiger charge is 2.18. The molecule has 0 amide bonds. The number of hydrogen-bond donors (Lipinski definition) is 2. The zero-order valence-corrected chi connectivity index (χ0v) is 17.6. The number of alkyl halides is 1. The topological polar surface area (TPSA) is 92.9 Å². The van der Waals surface area contributed by atoms with Gasteiger partial charge in [0.25, 0.3) is 5.56 Å². The van der Waals surface area contributed by atoms with Crippen LogP contribution in [0.4, 0.5) is 0 Å². The second kappa shape index (κ2) is 10.9. The van der Waals surface area contributed by atoms with Gasteiger partial charge in [-0.1, -0.05) is 57.2 Å². The summed E-state index contributed by atoms with van der Waals surface area (Å²) in [6.07, 6.45) is 7.56. The first kappa shape index (κ1) is 22.0. The molecule has 0 spiro atoms. The van der Waals surface area contributed by atoms with Crippen molar-refractivity contribution < 1.29 is 5.11 Å². The Bertz CT molecular complexity index is 845. The van der Waals surface area contributed by atoms with E-state index in [9.17, 15) is 14.7 Å². The van der Waals surface area contributed by atoms with Crippen LogP contribution < -0.4 is 11.2 Å². The molecule has 0 radical (unpaired) electrons. The summed E-state index contributed by atoms with van der Waals surface area (Å²) >= 11 is 7.02. The molecule has 0 aromatic carbocycles. The van der Waals surface area contributed by atoms with Gasteiger partial charge in [0.1, 0.15) is 0 Å². The van der Waals surface area contributed by atoms with E-state index in [-0.39, 0.29) is 5.88 Å². The van der Waals surface area contributed by atoms with Crippen LogP contribution in [0.3, 0.4) is 0 Å². The molecule has 2 N–H and O–H groups in total. The van der Waals surface area contributed by atoms with Crippen LogP contribution in [0.1, 0.15) is 51.9 Å². The first-order valence-electron chi connectivity index (χ1n) is 9.56. The summed E-state index contributed by atoms with van der Waals surface area (Å²) in [5, 5.41) is 10.4. The quantitative estimate of drug-likeness (QED) is 0.315. The Morgan fingerprint density at radius 3 is 2.52 bits per heavy atom. The highest BCUT2D eigenvalue weighted by molar-refractivity contribution is 7.99. The molecule has 0 fully saturated rings. The summed E-state index contributed by atoms with van der Waals surface area (Å²) in [5.74, 6) is 0.528. The van der Waals surface area contributed by atoms with Crippen LogP contribution in [-0.2, 0) is 13.6 Å². The van der Waals surface area contributed by atoms with Crippen LogP contribution in [0.2, 0.25) is 0 Å². The van der Waals surface area contributed by atoms with Crippen molar-refractivity contribution in [2.24, 2.45) is 7.05 Å². The molecule has 0 aliphatic carbocycles. The summed E-state index contributed by atoms with van der Waals surface area (Å²) in [5.41, 5.74) is -0.126. The lowest BCUT2D eigenvalue weighted by atomic mass is 10.1. The summed E-state index contributed by atoms with van der Waals surface area (Å²) < 4.78 is 3.21. The van der Waals surface area contributed by atoms with Gasteiger partial charge in [-0.3, -0.25) is 14.3 Å². The van der Waals surface area contributed by atoms with Gasteiger partial charge in [0.15, 0.2) is 16.3 Å². The number of H-pyrrole nitrogens is 1. The smallest absolute Gasteiger partial charge is 0.329 e. The van der Waals surface area contributed by atoms with Crippen molar-refractivity contribution >= 4 is 34.5 Å². The molecular weight excluding hydrogens is 388 g/mol. The molecule has 0 saturated heterocycles. The van der Waals surface area contributed by atoms with Gasteiger partial charge < -0.3 is 9.67 Å². The lowest BCUT2D eigenvalue weighted by Gasteiger charge is -2.10.